The first kappa shape index (κ1) is 18.2. The summed E-state index contributed by atoms with van der Waals surface area (Å²) in [6.45, 7) is 0. The zero-order valence-corrected chi connectivity index (χ0v) is 14.7. The summed E-state index contributed by atoms with van der Waals surface area (Å²) in [4.78, 5) is 0.103. The number of rotatable bonds is 3. The molecule has 4 nitrogen and oxygen atoms in total. The van der Waals surface area contributed by atoms with Gasteiger partial charge in [0.05, 0.1) is 5.02 Å². The quantitative estimate of drug-likeness (QED) is 0.814. The molecule has 0 bridgehead atoms. The van der Waals surface area contributed by atoms with Gasteiger partial charge in [0.25, 0.3) is 0 Å². The second-order valence-electron chi connectivity index (χ2n) is 4.78. The van der Waals surface area contributed by atoms with Crippen molar-refractivity contribution in [3.05, 3.63) is 27.7 Å². The van der Waals surface area contributed by atoms with Crippen LogP contribution in [-0.4, -0.2) is 20.5 Å². The van der Waals surface area contributed by atoms with Crippen molar-refractivity contribution in [1.29, 1.82) is 0 Å². The van der Waals surface area contributed by atoms with E-state index in [-0.39, 0.29) is 34.4 Å². The molecule has 0 heterocycles. The van der Waals surface area contributed by atoms with Crippen LogP contribution >= 0.6 is 39.9 Å². The van der Waals surface area contributed by atoms with Crippen molar-refractivity contribution in [2.24, 2.45) is 5.73 Å². The molecule has 0 unspecified atom stereocenters. The second kappa shape index (κ2) is 7.42. The van der Waals surface area contributed by atoms with Gasteiger partial charge in [0.1, 0.15) is 4.90 Å². The predicted octanol–water partition coefficient (Wildman–Crippen LogP) is 3.07. The Morgan fingerprint density at radius 1 is 1.25 bits per heavy atom. The highest BCUT2D eigenvalue weighted by molar-refractivity contribution is 9.10. The van der Waals surface area contributed by atoms with Gasteiger partial charge in [-0.2, -0.15) is 0 Å². The molecule has 8 heteroatoms. The van der Waals surface area contributed by atoms with Crippen LogP contribution in [0.1, 0.15) is 25.7 Å². The zero-order chi connectivity index (χ0) is 14.0. The fourth-order valence-corrected chi connectivity index (χ4v) is 5.30. The molecule has 2 rings (SSSR count). The van der Waals surface area contributed by atoms with Crippen molar-refractivity contribution in [3.63, 3.8) is 0 Å². The van der Waals surface area contributed by atoms with Crippen molar-refractivity contribution in [1.82, 2.24) is 4.72 Å². The lowest BCUT2D eigenvalue weighted by molar-refractivity contribution is 0.373. The number of benzene rings is 1. The summed E-state index contributed by atoms with van der Waals surface area (Å²) >= 11 is 9.22. The van der Waals surface area contributed by atoms with Crippen LogP contribution in [0.2, 0.25) is 5.02 Å². The summed E-state index contributed by atoms with van der Waals surface area (Å²) in [6, 6.07) is 5.06. The average molecular weight is 404 g/mol. The van der Waals surface area contributed by atoms with Gasteiger partial charge < -0.3 is 5.73 Å². The lowest BCUT2D eigenvalue weighted by Gasteiger charge is -2.26. The average Bonchev–Trinajstić information content (AvgIpc) is 2.31. The Morgan fingerprint density at radius 3 is 2.40 bits per heavy atom. The minimum atomic E-state index is -3.61. The summed E-state index contributed by atoms with van der Waals surface area (Å²) < 4.78 is 27.9. The lowest BCUT2D eigenvalue weighted by atomic mass is 9.93. The maximum absolute atomic E-state index is 12.4. The van der Waals surface area contributed by atoms with Crippen LogP contribution in [0.25, 0.3) is 0 Å². The van der Waals surface area contributed by atoms with Crippen LogP contribution in [0, 0.1) is 0 Å². The number of nitrogens with one attached hydrogen (secondary N) is 1. The predicted molar refractivity (Wildman–Crippen MR) is 87.0 cm³/mol. The molecule has 1 aromatic carbocycles. The number of hydrogen-bond donors (Lipinski definition) is 2. The summed E-state index contributed by atoms with van der Waals surface area (Å²) in [5.74, 6) is 0. The van der Waals surface area contributed by atoms with E-state index in [9.17, 15) is 8.42 Å². The molecule has 0 radical (unpaired) electrons. The molecule has 114 valence electrons. The van der Waals surface area contributed by atoms with Crippen LogP contribution in [0.3, 0.4) is 0 Å². The van der Waals surface area contributed by atoms with Crippen LogP contribution in [0.5, 0.6) is 0 Å². The normalized spacial score (nSPS) is 23.1. The van der Waals surface area contributed by atoms with Gasteiger partial charge in [-0.25, -0.2) is 13.1 Å². The first-order valence-electron chi connectivity index (χ1n) is 6.12. The Bertz CT molecular complexity index is 540. The van der Waals surface area contributed by atoms with Gasteiger partial charge in [0.15, 0.2) is 0 Å². The van der Waals surface area contributed by atoms with Crippen molar-refractivity contribution in [2.75, 3.05) is 0 Å². The third kappa shape index (κ3) is 4.32. The smallest absolute Gasteiger partial charge is 0.243 e. The topological polar surface area (TPSA) is 72.2 Å². The van der Waals surface area contributed by atoms with Crippen LogP contribution < -0.4 is 10.5 Å². The molecule has 1 saturated carbocycles. The van der Waals surface area contributed by atoms with Crippen molar-refractivity contribution in [2.45, 2.75) is 42.7 Å². The highest BCUT2D eigenvalue weighted by Gasteiger charge is 2.27. The van der Waals surface area contributed by atoms with E-state index in [1.807, 2.05) is 0 Å². The fraction of sp³-hybridized carbons (Fsp3) is 0.500. The SMILES string of the molecule is Cl.NC1CCC(NS(=O)(=O)c2c(Cl)cccc2Br)CC1. The van der Waals surface area contributed by atoms with Crippen LogP contribution in [-0.2, 0) is 10.0 Å². The first-order valence-corrected chi connectivity index (χ1v) is 8.77. The van der Waals surface area contributed by atoms with E-state index in [1.54, 1.807) is 18.2 Å². The molecule has 0 amide bonds. The molecule has 1 aliphatic rings. The molecule has 0 aliphatic heterocycles. The molecule has 0 aromatic heterocycles. The van der Waals surface area contributed by atoms with Crippen molar-refractivity contribution < 1.29 is 8.42 Å². The summed E-state index contributed by atoms with van der Waals surface area (Å²) in [5, 5.41) is 0.217. The standard InChI is InChI=1S/C12H16BrClN2O2S.ClH/c13-10-2-1-3-11(14)12(10)19(17,18)16-9-6-4-8(15)5-7-9;/h1-3,8-9,16H,4-7,15H2;1H. The van der Waals surface area contributed by atoms with E-state index < -0.39 is 10.0 Å². The van der Waals surface area contributed by atoms with Gasteiger partial charge >= 0.3 is 0 Å². The molecule has 20 heavy (non-hydrogen) atoms. The number of nitrogens with two attached hydrogens (primary N) is 1. The van der Waals surface area contributed by atoms with E-state index in [2.05, 4.69) is 20.7 Å². The molecular weight excluding hydrogens is 387 g/mol. The zero-order valence-electron chi connectivity index (χ0n) is 10.7. The number of hydrogen-bond acceptors (Lipinski definition) is 3. The Balaban J connectivity index is 0.00000200. The van der Waals surface area contributed by atoms with E-state index >= 15 is 0 Å². The van der Waals surface area contributed by atoms with Gasteiger partial charge in [-0.3, -0.25) is 0 Å². The molecule has 0 spiro atoms. The third-order valence-electron chi connectivity index (χ3n) is 3.28. The molecule has 1 aliphatic carbocycles. The molecule has 1 aromatic rings. The van der Waals surface area contributed by atoms with E-state index in [0.29, 0.717) is 4.47 Å². The second-order valence-corrected chi connectivity index (χ2v) is 7.70. The number of halogens is 3. The van der Waals surface area contributed by atoms with E-state index in [1.165, 1.54) is 0 Å². The van der Waals surface area contributed by atoms with Gasteiger partial charge in [-0.05, 0) is 53.7 Å². The van der Waals surface area contributed by atoms with Gasteiger partial charge in [0.2, 0.25) is 10.0 Å². The van der Waals surface area contributed by atoms with E-state index in [0.717, 1.165) is 25.7 Å². The van der Waals surface area contributed by atoms with Crippen molar-refractivity contribution >= 4 is 50.0 Å². The monoisotopic (exact) mass is 402 g/mol. The minimum absolute atomic E-state index is 0. The van der Waals surface area contributed by atoms with Crippen LogP contribution in [0.15, 0.2) is 27.6 Å². The van der Waals surface area contributed by atoms with Gasteiger partial charge in [-0.15, -0.1) is 12.4 Å². The van der Waals surface area contributed by atoms with Crippen molar-refractivity contribution in [3.8, 4) is 0 Å². The van der Waals surface area contributed by atoms with Gasteiger partial charge in [0, 0.05) is 16.6 Å². The summed E-state index contributed by atoms with van der Waals surface area (Å²) in [5.41, 5.74) is 5.81. The first-order chi connectivity index (χ1) is 8.90. The third-order valence-corrected chi connectivity index (χ3v) is 6.25. The molecular formula is C12H17BrCl2N2O2S. The maximum Gasteiger partial charge on any atom is 0.243 e. The Hall–Kier alpha value is 0.150. The minimum Gasteiger partial charge on any atom is -0.328 e. The summed E-state index contributed by atoms with van der Waals surface area (Å²) in [6.07, 6.45) is 3.22. The fourth-order valence-electron chi connectivity index (χ4n) is 2.25. The highest BCUT2D eigenvalue weighted by atomic mass is 79.9. The van der Waals surface area contributed by atoms with E-state index in [4.69, 9.17) is 17.3 Å². The Labute approximate surface area is 139 Å². The Kier molecular flexibility index (Phi) is 6.76. The lowest BCUT2D eigenvalue weighted by Crippen LogP contribution is -2.40. The largest absolute Gasteiger partial charge is 0.328 e. The molecule has 0 atom stereocenters. The summed E-state index contributed by atoms with van der Waals surface area (Å²) in [7, 11) is -3.61. The van der Waals surface area contributed by atoms with Crippen LogP contribution in [0.4, 0.5) is 0 Å². The molecule has 0 saturated heterocycles. The maximum atomic E-state index is 12.4. The highest BCUT2D eigenvalue weighted by Crippen LogP contribution is 2.30. The molecule has 1 fully saturated rings. The van der Waals surface area contributed by atoms with Gasteiger partial charge in [-0.1, -0.05) is 17.7 Å². The Morgan fingerprint density at radius 2 is 1.85 bits per heavy atom. The number of sulfonamides is 1. The molecule has 3 N–H and O–H groups in total.